The topological polar surface area (TPSA) is 81.7 Å². The van der Waals surface area contributed by atoms with E-state index in [-0.39, 0.29) is 25.0 Å². The summed E-state index contributed by atoms with van der Waals surface area (Å²) in [7, 11) is 0. The van der Waals surface area contributed by atoms with E-state index in [1.165, 1.54) is 5.56 Å². The number of carbonyl (C=O) groups is 2. The fourth-order valence-corrected chi connectivity index (χ4v) is 3.14. The van der Waals surface area contributed by atoms with Crippen LogP contribution in [-0.2, 0) is 11.3 Å². The van der Waals surface area contributed by atoms with Gasteiger partial charge in [0.15, 0.2) is 0 Å². The molecule has 3 N–H and O–H groups in total. The number of halogens is 1. The Balaban J connectivity index is 1.81. The largest absolute Gasteiger partial charge is 0.481 e. The summed E-state index contributed by atoms with van der Waals surface area (Å²) in [5.41, 5.74) is 1.17. The SMILES string of the molecule is O=C(O)CCNC(=O)NCC1CCCCN1Cc1cccc(Cl)c1. The first-order chi connectivity index (χ1) is 11.5. The lowest BCUT2D eigenvalue weighted by molar-refractivity contribution is -0.136. The molecule has 0 aliphatic carbocycles. The van der Waals surface area contributed by atoms with Crippen LogP contribution in [0.25, 0.3) is 0 Å². The van der Waals surface area contributed by atoms with Crippen molar-refractivity contribution in [3.63, 3.8) is 0 Å². The Morgan fingerprint density at radius 3 is 2.88 bits per heavy atom. The third-order valence-corrected chi connectivity index (χ3v) is 4.38. The Bertz CT molecular complexity index is 568. The van der Waals surface area contributed by atoms with Crippen LogP contribution in [0.1, 0.15) is 31.2 Å². The van der Waals surface area contributed by atoms with E-state index in [4.69, 9.17) is 16.7 Å². The maximum absolute atomic E-state index is 11.7. The first-order valence-corrected chi connectivity index (χ1v) is 8.64. The number of aliphatic carboxylic acids is 1. The molecule has 0 spiro atoms. The van der Waals surface area contributed by atoms with Gasteiger partial charge in [-0.1, -0.05) is 30.2 Å². The van der Waals surface area contributed by atoms with Crippen LogP contribution < -0.4 is 10.6 Å². The van der Waals surface area contributed by atoms with Crippen molar-refractivity contribution in [3.05, 3.63) is 34.9 Å². The average Bonchev–Trinajstić information content (AvgIpc) is 2.54. The maximum Gasteiger partial charge on any atom is 0.314 e. The van der Waals surface area contributed by atoms with Crippen LogP contribution in [0.15, 0.2) is 24.3 Å². The van der Waals surface area contributed by atoms with Crippen LogP contribution in [0.3, 0.4) is 0 Å². The average molecular weight is 354 g/mol. The zero-order valence-electron chi connectivity index (χ0n) is 13.6. The van der Waals surface area contributed by atoms with Crippen molar-refractivity contribution in [1.82, 2.24) is 15.5 Å². The van der Waals surface area contributed by atoms with E-state index < -0.39 is 5.97 Å². The second-order valence-corrected chi connectivity index (χ2v) is 6.47. The summed E-state index contributed by atoms with van der Waals surface area (Å²) < 4.78 is 0. The minimum absolute atomic E-state index is 0.0717. The van der Waals surface area contributed by atoms with Gasteiger partial charge in [0.25, 0.3) is 0 Å². The summed E-state index contributed by atoms with van der Waals surface area (Å²) in [6.45, 7) is 2.50. The van der Waals surface area contributed by atoms with Crippen LogP contribution in [0.5, 0.6) is 0 Å². The molecule has 1 aliphatic rings. The second-order valence-electron chi connectivity index (χ2n) is 6.03. The van der Waals surface area contributed by atoms with Crippen LogP contribution in [0.2, 0.25) is 5.02 Å². The van der Waals surface area contributed by atoms with E-state index in [0.717, 1.165) is 37.4 Å². The number of nitrogens with zero attached hydrogens (tertiary/aromatic N) is 1. The lowest BCUT2D eigenvalue weighted by Gasteiger charge is -2.35. The van der Waals surface area contributed by atoms with Gasteiger partial charge in [0.2, 0.25) is 0 Å². The van der Waals surface area contributed by atoms with Crippen molar-refractivity contribution in [2.24, 2.45) is 0 Å². The monoisotopic (exact) mass is 353 g/mol. The zero-order chi connectivity index (χ0) is 17.4. The summed E-state index contributed by atoms with van der Waals surface area (Å²) in [5.74, 6) is -0.921. The molecular weight excluding hydrogens is 330 g/mol. The van der Waals surface area contributed by atoms with E-state index in [1.54, 1.807) is 0 Å². The first kappa shape index (κ1) is 18.5. The third kappa shape index (κ3) is 6.37. The molecule has 0 bridgehead atoms. The molecule has 1 heterocycles. The number of carboxylic acids is 1. The molecule has 1 fully saturated rings. The van der Waals surface area contributed by atoms with Crippen LogP contribution >= 0.6 is 11.6 Å². The minimum Gasteiger partial charge on any atom is -0.481 e. The minimum atomic E-state index is -0.921. The standard InChI is InChI=1S/C17H24ClN3O3/c18-14-5-3-4-13(10-14)12-21-9-2-1-6-15(21)11-20-17(24)19-8-7-16(22)23/h3-5,10,15H,1-2,6-9,11-12H2,(H,22,23)(H2,19,20,24). The fraction of sp³-hybridized carbons (Fsp3) is 0.529. The Morgan fingerprint density at radius 1 is 1.29 bits per heavy atom. The number of carbonyl (C=O) groups excluding carboxylic acids is 1. The summed E-state index contributed by atoms with van der Waals surface area (Å²) in [6, 6.07) is 7.81. The van der Waals surface area contributed by atoms with E-state index in [2.05, 4.69) is 21.6 Å². The van der Waals surface area contributed by atoms with Gasteiger partial charge < -0.3 is 15.7 Å². The molecule has 6 nitrogen and oxygen atoms in total. The highest BCUT2D eigenvalue weighted by atomic mass is 35.5. The quantitative estimate of drug-likeness (QED) is 0.703. The highest BCUT2D eigenvalue weighted by Gasteiger charge is 2.22. The van der Waals surface area contributed by atoms with Gasteiger partial charge >= 0.3 is 12.0 Å². The van der Waals surface area contributed by atoms with E-state index in [9.17, 15) is 9.59 Å². The van der Waals surface area contributed by atoms with Crippen LogP contribution in [0, 0.1) is 0 Å². The number of likely N-dealkylation sites (tertiary alicyclic amines) is 1. The highest BCUT2D eigenvalue weighted by Crippen LogP contribution is 2.20. The van der Waals surface area contributed by atoms with Gasteiger partial charge in [0.1, 0.15) is 0 Å². The first-order valence-electron chi connectivity index (χ1n) is 8.26. The van der Waals surface area contributed by atoms with Gasteiger partial charge in [0, 0.05) is 30.7 Å². The molecule has 7 heteroatoms. The molecule has 2 amide bonds. The fourth-order valence-electron chi connectivity index (χ4n) is 2.93. The molecule has 1 aromatic rings. The maximum atomic E-state index is 11.7. The van der Waals surface area contributed by atoms with Crippen molar-refractivity contribution in [1.29, 1.82) is 0 Å². The second kappa shape index (κ2) is 9.49. The Kier molecular flexibility index (Phi) is 7.34. The predicted molar refractivity (Wildman–Crippen MR) is 93.2 cm³/mol. The number of nitrogens with one attached hydrogen (secondary N) is 2. The van der Waals surface area contributed by atoms with Gasteiger partial charge in [-0.25, -0.2) is 4.79 Å². The summed E-state index contributed by atoms with van der Waals surface area (Å²) in [4.78, 5) is 24.5. The Hall–Kier alpha value is -1.79. The lowest BCUT2D eigenvalue weighted by atomic mass is 10.0. The number of benzene rings is 1. The molecule has 1 aliphatic heterocycles. The molecular formula is C17H24ClN3O3. The van der Waals surface area contributed by atoms with Crippen LogP contribution in [0.4, 0.5) is 4.79 Å². The molecule has 1 unspecified atom stereocenters. The zero-order valence-corrected chi connectivity index (χ0v) is 14.4. The molecule has 2 rings (SSSR count). The van der Waals surface area contributed by atoms with Crippen molar-refractivity contribution < 1.29 is 14.7 Å². The number of rotatable bonds is 7. The highest BCUT2D eigenvalue weighted by molar-refractivity contribution is 6.30. The summed E-state index contributed by atoms with van der Waals surface area (Å²) in [5, 5.41) is 14.7. The van der Waals surface area contributed by atoms with E-state index in [0.29, 0.717) is 6.54 Å². The van der Waals surface area contributed by atoms with Crippen LogP contribution in [-0.4, -0.2) is 47.7 Å². The van der Waals surface area contributed by atoms with E-state index >= 15 is 0 Å². The summed E-state index contributed by atoms with van der Waals surface area (Å²) >= 11 is 6.05. The number of amides is 2. The number of urea groups is 1. The Morgan fingerprint density at radius 2 is 2.12 bits per heavy atom. The lowest BCUT2D eigenvalue weighted by Crippen LogP contribution is -2.48. The van der Waals surface area contributed by atoms with Gasteiger partial charge in [-0.2, -0.15) is 0 Å². The molecule has 1 aromatic carbocycles. The normalized spacial score (nSPS) is 18.1. The number of hydrogen-bond acceptors (Lipinski definition) is 3. The Labute approximate surface area is 147 Å². The van der Waals surface area contributed by atoms with Crippen molar-refractivity contribution in [2.45, 2.75) is 38.3 Å². The van der Waals surface area contributed by atoms with Gasteiger partial charge in [-0.3, -0.25) is 9.69 Å². The van der Waals surface area contributed by atoms with E-state index in [1.807, 2.05) is 18.2 Å². The molecule has 0 saturated carbocycles. The van der Waals surface area contributed by atoms with Gasteiger partial charge in [0.05, 0.1) is 6.42 Å². The van der Waals surface area contributed by atoms with Crippen molar-refractivity contribution in [2.75, 3.05) is 19.6 Å². The van der Waals surface area contributed by atoms with Crippen molar-refractivity contribution >= 4 is 23.6 Å². The molecule has 1 saturated heterocycles. The number of piperidine rings is 1. The third-order valence-electron chi connectivity index (χ3n) is 4.15. The molecule has 132 valence electrons. The smallest absolute Gasteiger partial charge is 0.314 e. The summed E-state index contributed by atoms with van der Waals surface area (Å²) in [6.07, 6.45) is 3.27. The molecule has 1 atom stereocenters. The van der Waals surface area contributed by atoms with Gasteiger partial charge in [-0.05, 0) is 37.1 Å². The number of carboxylic acid groups (broad SMARTS) is 1. The molecule has 0 radical (unpaired) electrons. The van der Waals surface area contributed by atoms with Crippen molar-refractivity contribution in [3.8, 4) is 0 Å². The molecule has 0 aromatic heterocycles. The predicted octanol–water partition coefficient (Wildman–Crippen LogP) is 2.47. The number of hydrogen-bond donors (Lipinski definition) is 3. The molecule has 24 heavy (non-hydrogen) atoms. The van der Waals surface area contributed by atoms with Gasteiger partial charge in [-0.15, -0.1) is 0 Å².